The van der Waals surface area contributed by atoms with Gasteiger partial charge in [-0.2, -0.15) is 9.78 Å². The van der Waals surface area contributed by atoms with Crippen LogP contribution in [-0.4, -0.2) is 28.4 Å². The summed E-state index contributed by atoms with van der Waals surface area (Å²) in [6.45, 7) is 3.99. The maximum Gasteiger partial charge on any atom is 0.282 e. The van der Waals surface area contributed by atoms with Gasteiger partial charge in [0.15, 0.2) is 6.61 Å². The molecule has 7 nitrogen and oxygen atoms in total. The summed E-state index contributed by atoms with van der Waals surface area (Å²) >= 11 is 5.59. The summed E-state index contributed by atoms with van der Waals surface area (Å²) in [5.41, 5.74) is 3.10. The SMILES string of the molecule is CCCCc1nc2ccc(Br)cc2c(=O)n1N=Cc1ccc(OCC(=O)Nc2ccc(C)cc2)c(I)c1. The van der Waals surface area contributed by atoms with Crippen molar-refractivity contribution in [3.05, 3.63) is 96.0 Å². The highest BCUT2D eigenvalue weighted by molar-refractivity contribution is 14.1. The number of benzene rings is 3. The van der Waals surface area contributed by atoms with E-state index in [2.05, 4.69) is 55.9 Å². The van der Waals surface area contributed by atoms with Crippen molar-refractivity contribution in [3.8, 4) is 5.75 Å². The van der Waals surface area contributed by atoms with E-state index in [9.17, 15) is 9.59 Å². The molecule has 0 saturated heterocycles. The molecule has 0 atom stereocenters. The highest BCUT2D eigenvalue weighted by Crippen LogP contribution is 2.22. The van der Waals surface area contributed by atoms with Crippen LogP contribution in [0.15, 0.2) is 75.0 Å². The van der Waals surface area contributed by atoms with Crippen molar-refractivity contribution in [1.29, 1.82) is 0 Å². The van der Waals surface area contributed by atoms with E-state index in [-0.39, 0.29) is 18.1 Å². The largest absolute Gasteiger partial charge is 0.483 e. The number of nitrogens with one attached hydrogen (secondary N) is 1. The minimum absolute atomic E-state index is 0.105. The predicted octanol–water partition coefficient (Wildman–Crippen LogP) is 6.31. The van der Waals surface area contributed by atoms with E-state index in [0.29, 0.717) is 28.9 Å². The Morgan fingerprint density at radius 3 is 2.68 bits per heavy atom. The third-order valence-electron chi connectivity index (χ3n) is 5.60. The Morgan fingerprint density at radius 1 is 1.16 bits per heavy atom. The van der Waals surface area contributed by atoms with Crippen LogP contribution in [0.25, 0.3) is 10.9 Å². The number of amides is 1. The van der Waals surface area contributed by atoms with Gasteiger partial charge in [0.1, 0.15) is 11.6 Å². The van der Waals surface area contributed by atoms with Gasteiger partial charge >= 0.3 is 0 Å². The Hall–Kier alpha value is -3.05. The van der Waals surface area contributed by atoms with Gasteiger partial charge in [-0.05, 0) is 90.0 Å². The lowest BCUT2D eigenvalue weighted by Crippen LogP contribution is -2.22. The number of nitrogens with zero attached hydrogens (tertiary/aromatic N) is 3. The van der Waals surface area contributed by atoms with Gasteiger partial charge in [0.25, 0.3) is 11.5 Å². The molecule has 0 unspecified atom stereocenters. The van der Waals surface area contributed by atoms with Crippen LogP contribution in [0.1, 0.15) is 36.7 Å². The van der Waals surface area contributed by atoms with E-state index in [1.165, 1.54) is 4.68 Å². The summed E-state index contributed by atoms with van der Waals surface area (Å²) in [5, 5.41) is 7.83. The molecule has 1 aromatic heterocycles. The number of unbranched alkanes of at least 4 members (excludes halogenated alkanes) is 1. The predicted molar refractivity (Wildman–Crippen MR) is 160 cm³/mol. The van der Waals surface area contributed by atoms with Crippen molar-refractivity contribution in [1.82, 2.24) is 9.66 Å². The van der Waals surface area contributed by atoms with Crippen LogP contribution in [0.3, 0.4) is 0 Å². The van der Waals surface area contributed by atoms with Crippen molar-refractivity contribution in [2.45, 2.75) is 33.1 Å². The lowest BCUT2D eigenvalue weighted by atomic mass is 10.2. The van der Waals surface area contributed by atoms with Crippen molar-refractivity contribution in [3.63, 3.8) is 0 Å². The van der Waals surface area contributed by atoms with Crippen LogP contribution in [0.5, 0.6) is 5.75 Å². The summed E-state index contributed by atoms with van der Waals surface area (Å²) in [4.78, 5) is 30.2. The summed E-state index contributed by atoms with van der Waals surface area (Å²) in [5.74, 6) is 0.988. The van der Waals surface area contributed by atoms with Gasteiger partial charge in [0, 0.05) is 16.6 Å². The number of rotatable bonds is 9. The molecule has 0 radical (unpaired) electrons. The minimum Gasteiger partial charge on any atom is -0.483 e. The molecule has 1 N–H and O–H groups in total. The molecule has 4 rings (SSSR count). The number of anilines is 1. The van der Waals surface area contributed by atoms with Crippen LogP contribution in [0.4, 0.5) is 5.69 Å². The maximum absolute atomic E-state index is 13.2. The number of fused-ring (bicyclic) bond motifs is 1. The average molecular weight is 673 g/mol. The van der Waals surface area contributed by atoms with Crippen LogP contribution >= 0.6 is 38.5 Å². The van der Waals surface area contributed by atoms with Gasteiger partial charge in [0.2, 0.25) is 0 Å². The molecular weight excluding hydrogens is 647 g/mol. The van der Waals surface area contributed by atoms with Crippen molar-refractivity contribution in [2.75, 3.05) is 11.9 Å². The smallest absolute Gasteiger partial charge is 0.282 e. The van der Waals surface area contributed by atoms with E-state index < -0.39 is 0 Å². The zero-order valence-corrected chi connectivity index (χ0v) is 24.2. The second-order valence-corrected chi connectivity index (χ2v) is 10.6. The normalized spacial score (nSPS) is 11.2. The molecule has 0 aliphatic carbocycles. The highest BCUT2D eigenvalue weighted by Gasteiger charge is 2.11. The van der Waals surface area contributed by atoms with E-state index in [1.807, 2.05) is 55.5 Å². The molecule has 0 spiro atoms. The van der Waals surface area contributed by atoms with Crippen molar-refractivity contribution < 1.29 is 9.53 Å². The molecule has 37 heavy (non-hydrogen) atoms. The number of hydrogen-bond acceptors (Lipinski definition) is 5. The minimum atomic E-state index is -0.236. The summed E-state index contributed by atoms with van der Waals surface area (Å²) in [6.07, 6.45) is 4.19. The molecule has 190 valence electrons. The molecule has 0 bridgehead atoms. The quantitative estimate of drug-likeness (QED) is 0.167. The first-order chi connectivity index (χ1) is 17.8. The molecular formula is C28H26BrIN4O3. The Morgan fingerprint density at radius 2 is 1.95 bits per heavy atom. The Kier molecular flexibility index (Phi) is 9.09. The number of halogens is 2. The molecule has 1 amide bonds. The Labute approximate surface area is 237 Å². The number of carbonyl (C=O) groups is 1. The fourth-order valence-corrected chi connectivity index (χ4v) is 4.68. The number of carbonyl (C=O) groups excluding carboxylic acids is 1. The molecule has 9 heteroatoms. The number of aromatic nitrogens is 2. The molecule has 4 aromatic rings. The van der Waals surface area contributed by atoms with Crippen LogP contribution in [-0.2, 0) is 11.2 Å². The Bertz CT molecular complexity index is 1520. The second kappa shape index (κ2) is 12.5. The lowest BCUT2D eigenvalue weighted by Gasteiger charge is -2.10. The number of aryl methyl sites for hydroxylation is 2. The Balaban J connectivity index is 1.50. The van der Waals surface area contributed by atoms with E-state index in [1.54, 1.807) is 18.3 Å². The first-order valence-electron chi connectivity index (χ1n) is 11.9. The van der Waals surface area contributed by atoms with Gasteiger partial charge in [-0.25, -0.2) is 4.98 Å². The fraction of sp³-hybridized carbons (Fsp3) is 0.214. The van der Waals surface area contributed by atoms with Crippen LogP contribution in [0, 0.1) is 10.5 Å². The standard InChI is InChI=1S/C28H26BrIN4O3/c1-3-4-5-26-33-24-12-9-20(29)15-22(24)28(36)34(26)31-16-19-8-13-25(23(30)14-19)37-17-27(35)32-21-10-6-18(2)7-11-21/h6-16H,3-5,17H2,1-2H3,(H,32,35). The first kappa shape index (κ1) is 27.0. The third-order valence-corrected chi connectivity index (χ3v) is 6.94. The first-order valence-corrected chi connectivity index (χ1v) is 13.8. The molecule has 3 aromatic carbocycles. The van der Waals surface area contributed by atoms with Gasteiger partial charge in [0.05, 0.1) is 20.7 Å². The molecule has 0 fully saturated rings. The van der Waals surface area contributed by atoms with Gasteiger partial charge < -0.3 is 10.1 Å². The highest BCUT2D eigenvalue weighted by atomic mass is 127. The fourth-order valence-electron chi connectivity index (χ4n) is 3.63. The molecule has 0 saturated carbocycles. The molecule has 1 heterocycles. The summed E-state index contributed by atoms with van der Waals surface area (Å²) < 4.78 is 8.74. The third kappa shape index (κ3) is 7.04. The maximum atomic E-state index is 13.2. The van der Waals surface area contributed by atoms with Gasteiger partial charge in [-0.15, -0.1) is 0 Å². The second-order valence-electron chi connectivity index (χ2n) is 8.55. The zero-order valence-electron chi connectivity index (χ0n) is 20.5. The van der Waals surface area contributed by atoms with Gasteiger partial charge in [-0.1, -0.05) is 47.0 Å². The zero-order chi connectivity index (χ0) is 26.4. The van der Waals surface area contributed by atoms with Crippen LogP contribution < -0.4 is 15.6 Å². The van der Waals surface area contributed by atoms with E-state index in [4.69, 9.17) is 9.72 Å². The van der Waals surface area contributed by atoms with Crippen molar-refractivity contribution in [2.24, 2.45) is 5.10 Å². The number of ether oxygens (including phenoxy) is 1. The van der Waals surface area contributed by atoms with E-state index >= 15 is 0 Å². The molecule has 0 aliphatic rings. The van der Waals surface area contributed by atoms with E-state index in [0.717, 1.165) is 37.7 Å². The summed E-state index contributed by atoms with van der Waals surface area (Å²) in [6, 6.07) is 18.6. The topological polar surface area (TPSA) is 85.6 Å². The summed E-state index contributed by atoms with van der Waals surface area (Å²) in [7, 11) is 0. The average Bonchev–Trinajstić information content (AvgIpc) is 2.88. The molecule has 0 aliphatic heterocycles. The van der Waals surface area contributed by atoms with Crippen LogP contribution in [0.2, 0.25) is 0 Å². The van der Waals surface area contributed by atoms with Crippen molar-refractivity contribution >= 4 is 67.2 Å². The monoisotopic (exact) mass is 672 g/mol. The number of hydrogen-bond donors (Lipinski definition) is 1. The lowest BCUT2D eigenvalue weighted by molar-refractivity contribution is -0.118. The van der Waals surface area contributed by atoms with Gasteiger partial charge in [-0.3, -0.25) is 9.59 Å².